The molecule has 3 aromatic rings. The third-order valence-corrected chi connectivity index (χ3v) is 9.08. The van der Waals surface area contributed by atoms with Gasteiger partial charge in [-0.3, -0.25) is 0 Å². The van der Waals surface area contributed by atoms with Gasteiger partial charge in [0.2, 0.25) is 5.88 Å². The topological polar surface area (TPSA) is 256 Å². The molecule has 2 aliphatic heterocycles. The van der Waals surface area contributed by atoms with Gasteiger partial charge in [0, 0.05) is 24.6 Å². The van der Waals surface area contributed by atoms with Crippen LogP contribution in [0.1, 0.15) is 47.7 Å². The number of aromatic nitrogens is 3. The van der Waals surface area contributed by atoms with E-state index in [0.29, 0.717) is 61.2 Å². The van der Waals surface area contributed by atoms with Gasteiger partial charge in [-0.15, -0.1) is 13.2 Å². The lowest BCUT2D eigenvalue weighted by Gasteiger charge is -2.39. The summed E-state index contributed by atoms with van der Waals surface area (Å²) in [6.45, 7) is 7.21. The number of hydrogen-bond donors (Lipinski definition) is 8. The Balaban J connectivity index is 1.30. The fourth-order valence-corrected chi connectivity index (χ4v) is 5.77. The van der Waals surface area contributed by atoms with Crippen LogP contribution in [0.3, 0.4) is 0 Å². The average molecular weight is 844 g/mol. The molecule has 61 heavy (non-hydrogen) atoms. The maximum Gasteiger partial charge on any atom is 0.214 e. The number of rotatable bonds is 16. The Morgan fingerprint density at radius 1 is 0.607 bits per heavy atom. The number of pyridine rings is 3. The molecule has 0 bridgehead atoms. The van der Waals surface area contributed by atoms with E-state index >= 15 is 0 Å². The minimum atomic E-state index is -1.58. The quantitative estimate of drug-likeness (QED) is 0.0507. The van der Waals surface area contributed by atoms with Crippen LogP contribution in [0.4, 0.5) is 0 Å². The minimum absolute atomic E-state index is 0.0815. The van der Waals surface area contributed by atoms with Crippen molar-refractivity contribution in [1.82, 2.24) is 15.0 Å². The highest BCUT2D eigenvalue weighted by Crippen LogP contribution is 2.24. The Kier molecular flexibility index (Phi) is 18.0. The van der Waals surface area contributed by atoms with Crippen molar-refractivity contribution < 1.29 is 69.3 Å². The van der Waals surface area contributed by atoms with Crippen molar-refractivity contribution in [2.45, 2.75) is 80.5 Å². The standard InChI is InChI=1S/C44H49N3O14/c1-3-5-19-56-31-23-29(45-30(24-31)15-18-34-38(50)41(53)39(51)35(25-48)60-34)13-16-32-33(57-20-6-4-2)17-14-28(46-32)12-11-27-9-7-10-37(47-27)58-21-8-22-59-44-43(55)42(54)40(52)36(26-49)61-44/h3-4,7,9-10,14,17,23-24,34-36,38-44,48-55H,1-2,5-6,8,19-22,25-26H2/t34-,35-,36-,38+,39+,40-,41-,42+,43-,44?/m1/s1. The van der Waals surface area contributed by atoms with Gasteiger partial charge in [-0.1, -0.05) is 24.1 Å². The summed E-state index contributed by atoms with van der Waals surface area (Å²) < 4.78 is 33.9. The highest BCUT2D eigenvalue weighted by molar-refractivity contribution is 5.50. The van der Waals surface area contributed by atoms with E-state index in [4.69, 9.17) is 28.4 Å². The Bertz CT molecular complexity index is 2120. The Morgan fingerprint density at radius 2 is 1.25 bits per heavy atom. The first-order chi connectivity index (χ1) is 29.5. The van der Waals surface area contributed by atoms with Gasteiger partial charge in [0.05, 0.1) is 39.6 Å². The fourth-order valence-electron chi connectivity index (χ4n) is 5.77. The van der Waals surface area contributed by atoms with E-state index in [2.05, 4.69) is 63.6 Å². The summed E-state index contributed by atoms with van der Waals surface area (Å²) in [4.78, 5) is 13.6. The summed E-state index contributed by atoms with van der Waals surface area (Å²) in [5, 5.41) is 79.7. The Morgan fingerprint density at radius 3 is 1.95 bits per heavy atom. The normalized spacial score (nSPS) is 25.6. The van der Waals surface area contributed by atoms with E-state index in [1.54, 1.807) is 54.6 Å². The molecule has 3 aromatic heterocycles. The predicted octanol–water partition coefficient (Wildman–Crippen LogP) is -0.640. The van der Waals surface area contributed by atoms with E-state index in [0.717, 1.165) is 0 Å². The second-order valence-electron chi connectivity index (χ2n) is 13.6. The van der Waals surface area contributed by atoms with Gasteiger partial charge in [-0.05, 0) is 60.6 Å². The molecule has 0 radical (unpaired) electrons. The molecule has 0 spiro atoms. The van der Waals surface area contributed by atoms with Crippen LogP contribution in [0.25, 0.3) is 0 Å². The van der Waals surface area contributed by atoms with Crippen molar-refractivity contribution in [2.75, 3.05) is 39.6 Å². The SMILES string of the molecule is C=CCCOc1cc(C#Cc2nc(C#Cc3cccc(OCCCOC4O[C@H](CO)[C@@H](O)[C@H](O)[C@H]4O)n3)ccc2OCCC=C)nc(C#C[C@H]2O[C@H](CO)[C@H](O)[C@H](O)[C@H]2O)c1. The second kappa shape index (κ2) is 23.5. The van der Waals surface area contributed by atoms with E-state index in [9.17, 15) is 40.9 Å². The third-order valence-electron chi connectivity index (χ3n) is 9.08. The van der Waals surface area contributed by atoms with Crippen LogP contribution < -0.4 is 14.2 Å². The van der Waals surface area contributed by atoms with E-state index in [-0.39, 0.29) is 30.3 Å². The molecule has 1 unspecified atom stereocenters. The molecule has 8 N–H and O–H groups in total. The molecule has 0 aliphatic carbocycles. The van der Waals surface area contributed by atoms with Gasteiger partial charge in [0.1, 0.15) is 83.5 Å². The molecular formula is C44H49N3O14. The molecule has 324 valence electrons. The lowest BCUT2D eigenvalue weighted by Crippen LogP contribution is -2.59. The predicted molar refractivity (Wildman–Crippen MR) is 216 cm³/mol. The van der Waals surface area contributed by atoms with Crippen molar-refractivity contribution in [3.8, 4) is 52.9 Å². The zero-order valence-electron chi connectivity index (χ0n) is 33.1. The van der Waals surface area contributed by atoms with Gasteiger partial charge in [0.25, 0.3) is 0 Å². The van der Waals surface area contributed by atoms with Crippen LogP contribution in [0.2, 0.25) is 0 Å². The summed E-state index contributed by atoms with van der Waals surface area (Å²) in [6, 6.07) is 11.6. The van der Waals surface area contributed by atoms with E-state index in [1.165, 1.54) is 0 Å². The highest BCUT2D eigenvalue weighted by Gasteiger charge is 2.44. The monoisotopic (exact) mass is 843 g/mol. The molecule has 2 aliphatic rings. The van der Waals surface area contributed by atoms with Crippen molar-refractivity contribution in [1.29, 1.82) is 0 Å². The largest absolute Gasteiger partial charge is 0.493 e. The summed E-state index contributed by atoms with van der Waals surface area (Å²) in [7, 11) is 0. The third kappa shape index (κ3) is 13.3. The molecule has 17 nitrogen and oxygen atoms in total. The van der Waals surface area contributed by atoms with Crippen molar-refractivity contribution >= 4 is 0 Å². The van der Waals surface area contributed by atoms with Crippen molar-refractivity contribution in [2.24, 2.45) is 0 Å². The summed E-state index contributed by atoms with van der Waals surface area (Å²) in [6.07, 6.45) is -8.86. The van der Waals surface area contributed by atoms with Crippen LogP contribution in [0.15, 0.2) is 67.8 Å². The summed E-state index contributed by atoms with van der Waals surface area (Å²) in [5.41, 5.74) is 1.48. The summed E-state index contributed by atoms with van der Waals surface area (Å²) in [5.74, 6) is 18.6. The number of nitrogens with zero attached hydrogens (tertiary/aromatic N) is 3. The first-order valence-corrected chi connectivity index (χ1v) is 19.4. The Labute approximate surface area is 352 Å². The molecule has 2 saturated heterocycles. The molecule has 0 amide bonds. The molecule has 0 saturated carbocycles. The number of ether oxygens (including phenoxy) is 6. The minimum Gasteiger partial charge on any atom is -0.493 e. The molecule has 5 rings (SSSR count). The van der Waals surface area contributed by atoms with E-state index in [1.807, 2.05) is 0 Å². The zero-order chi connectivity index (χ0) is 43.7. The van der Waals surface area contributed by atoms with Gasteiger partial charge >= 0.3 is 0 Å². The first kappa shape index (κ1) is 46.6. The van der Waals surface area contributed by atoms with Crippen LogP contribution in [0.5, 0.6) is 17.4 Å². The molecule has 17 heteroatoms. The number of aliphatic hydroxyl groups is 8. The van der Waals surface area contributed by atoms with Gasteiger partial charge in [0.15, 0.2) is 17.7 Å². The van der Waals surface area contributed by atoms with Gasteiger partial charge in [-0.2, -0.15) is 0 Å². The first-order valence-electron chi connectivity index (χ1n) is 19.4. The van der Waals surface area contributed by atoms with Crippen LogP contribution in [0, 0.1) is 35.5 Å². The maximum absolute atomic E-state index is 10.4. The van der Waals surface area contributed by atoms with E-state index < -0.39 is 74.4 Å². The highest BCUT2D eigenvalue weighted by atomic mass is 16.7. The van der Waals surface area contributed by atoms with Gasteiger partial charge in [-0.25, -0.2) is 15.0 Å². The van der Waals surface area contributed by atoms with Crippen LogP contribution >= 0.6 is 0 Å². The summed E-state index contributed by atoms with van der Waals surface area (Å²) >= 11 is 0. The maximum atomic E-state index is 10.4. The molecule has 2 fully saturated rings. The average Bonchev–Trinajstić information content (AvgIpc) is 3.27. The van der Waals surface area contributed by atoms with Crippen LogP contribution in [-0.4, -0.2) is 157 Å². The van der Waals surface area contributed by atoms with Crippen LogP contribution in [-0.2, 0) is 14.2 Å². The lowest BCUT2D eigenvalue weighted by molar-refractivity contribution is -0.301. The zero-order valence-corrected chi connectivity index (χ0v) is 33.1. The smallest absolute Gasteiger partial charge is 0.214 e. The lowest BCUT2D eigenvalue weighted by atomic mass is 9.95. The second-order valence-corrected chi connectivity index (χ2v) is 13.6. The Hall–Kier alpha value is -5.43. The number of hydrogen-bond acceptors (Lipinski definition) is 17. The van der Waals surface area contributed by atoms with Crippen molar-refractivity contribution in [3.05, 3.63) is 96.2 Å². The molecule has 0 aromatic carbocycles. The fraction of sp³-hybridized carbons (Fsp3) is 0.432. The van der Waals surface area contributed by atoms with Crippen molar-refractivity contribution in [3.63, 3.8) is 0 Å². The molecule has 10 atom stereocenters. The molecule has 5 heterocycles. The number of aliphatic hydroxyl groups excluding tert-OH is 8. The van der Waals surface area contributed by atoms with Gasteiger partial charge < -0.3 is 69.3 Å². The molecular weight excluding hydrogens is 794 g/mol.